The summed E-state index contributed by atoms with van der Waals surface area (Å²) in [5.74, 6) is 1.41. The van der Waals surface area contributed by atoms with Crippen molar-refractivity contribution in [1.29, 1.82) is 0 Å². The van der Waals surface area contributed by atoms with Crippen LogP contribution in [0.5, 0.6) is 5.75 Å². The van der Waals surface area contributed by atoms with Gasteiger partial charge in [-0.15, -0.1) is 11.8 Å². The van der Waals surface area contributed by atoms with Crippen LogP contribution in [0.4, 0.5) is 15.2 Å². The molecule has 2 amide bonds. The standard InChI is InChI=1S/C23H20FN3O4S2/c1-13(28)25-23-27-21-19(30-2)9-15(10-20(21)33-23)26-22(29)18-8-7-16(31-18)12-32-11-14-5-3-4-6-17(14)24/h3-10H,11-12H2,1-2H3,(H,26,29)(H,25,27,28). The average Bonchev–Trinajstić information content (AvgIpc) is 3.41. The smallest absolute Gasteiger partial charge is 0.291 e. The van der Waals surface area contributed by atoms with Crippen molar-refractivity contribution in [2.75, 3.05) is 17.7 Å². The fourth-order valence-corrected chi connectivity index (χ4v) is 4.96. The fourth-order valence-electron chi connectivity index (χ4n) is 3.08. The number of halogens is 1. The number of furan rings is 1. The first-order valence-corrected chi connectivity index (χ1v) is 11.9. The second kappa shape index (κ2) is 10.1. The predicted octanol–water partition coefficient (Wildman–Crippen LogP) is 5.68. The van der Waals surface area contributed by atoms with Crippen molar-refractivity contribution in [3.63, 3.8) is 0 Å². The molecule has 0 aliphatic heterocycles. The number of aromatic nitrogens is 1. The molecule has 33 heavy (non-hydrogen) atoms. The Balaban J connectivity index is 1.42. The summed E-state index contributed by atoms with van der Waals surface area (Å²) in [5.41, 5.74) is 1.73. The van der Waals surface area contributed by atoms with Crippen LogP contribution in [0, 0.1) is 5.82 Å². The molecule has 0 radical (unpaired) electrons. The van der Waals surface area contributed by atoms with Crippen LogP contribution in [0.15, 0.2) is 52.9 Å². The van der Waals surface area contributed by atoms with Gasteiger partial charge in [0.1, 0.15) is 22.8 Å². The number of hydrogen-bond acceptors (Lipinski definition) is 7. The van der Waals surface area contributed by atoms with Crippen LogP contribution in [0.25, 0.3) is 10.2 Å². The third-order valence-electron chi connectivity index (χ3n) is 4.57. The minimum Gasteiger partial charge on any atom is -0.494 e. The molecule has 7 nitrogen and oxygen atoms in total. The molecule has 2 heterocycles. The largest absolute Gasteiger partial charge is 0.494 e. The van der Waals surface area contributed by atoms with Gasteiger partial charge >= 0.3 is 0 Å². The minimum atomic E-state index is -0.409. The summed E-state index contributed by atoms with van der Waals surface area (Å²) in [5, 5.41) is 5.90. The maximum atomic E-state index is 13.7. The Morgan fingerprint density at radius 3 is 2.73 bits per heavy atom. The molecular weight excluding hydrogens is 465 g/mol. The Morgan fingerprint density at radius 2 is 1.97 bits per heavy atom. The summed E-state index contributed by atoms with van der Waals surface area (Å²) in [7, 11) is 1.51. The van der Waals surface area contributed by atoms with Crippen molar-refractivity contribution in [1.82, 2.24) is 4.98 Å². The Bertz CT molecular complexity index is 1320. The van der Waals surface area contributed by atoms with E-state index in [0.717, 1.165) is 4.70 Å². The molecule has 0 spiro atoms. The normalized spacial score (nSPS) is 10.9. The quantitative estimate of drug-likeness (QED) is 0.333. The van der Waals surface area contributed by atoms with Gasteiger partial charge in [0.2, 0.25) is 5.91 Å². The van der Waals surface area contributed by atoms with E-state index in [4.69, 9.17) is 9.15 Å². The van der Waals surface area contributed by atoms with Gasteiger partial charge in [-0.3, -0.25) is 9.59 Å². The maximum Gasteiger partial charge on any atom is 0.291 e. The third kappa shape index (κ3) is 5.52. The van der Waals surface area contributed by atoms with Gasteiger partial charge in [0.05, 0.1) is 17.6 Å². The van der Waals surface area contributed by atoms with Crippen LogP contribution >= 0.6 is 23.1 Å². The Hall–Kier alpha value is -3.37. The number of nitrogens with one attached hydrogen (secondary N) is 2. The molecular formula is C23H20FN3O4S2. The summed E-state index contributed by atoms with van der Waals surface area (Å²) in [6.45, 7) is 1.41. The zero-order valence-electron chi connectivity index (χ0n) is 17.8. The molecule has 0 aliphatic rings. The van der Waals surface area contributed by atoms with E-state index in [2.05, 4.69) is 15.6 Å². The second-order valence-corrected chi connectivity index (χ2v) is 9.05. The molecule has 0 aliphatic carbocycles. The number of methoxy groups -OCH3 is 1. The van der Waals surface area contributed by atoms with E-state index in [1.807, 2.05) is 0 Å². The summed E-state index contributed by atoms with van der Waals surface area (Å²) < 4.78 is 25.5. The average molecular weight is 486 g/mol. The van der Waals surface area contributed by atoms with Gasteiger partial charge < -0.3 is 19.8 Å². The molecule has 10 heteroatoms. The molecule has 2 aromatic carbocycles. The number of ether oxygens (including phenoxy) is 1. The highest BCUT2D eigenvalue weighted by Crippen LogP contribution is 2.35. The lowest BCUT2D eigenvalue weighted by atomic mass is 10.2. The van der Waals surface area contributed by atoms with E-state index in [1.165, 1.54) is 43.2 Å². The molecule has 0 saturated heterocycles. The van der Waals surface area contributed by atoms with Crippen molar-refractivity contribution >= 4 is 55.9 Å². The number of thiazole rings is 1. The van der Waals surface area contributed by atoms with Crippen molar-refractivity contribution in [2.45, 2.75) is 18.4 Å². The SMILES string of the molecule is COc1cc(NC(=O)c2ccc(CSCc3ccccc3F)o2)cc2sc(NC(C)=O)nc12. The number of anilines is 2. The van der Waals surface area contributed by atoms with E-state index in [9.17, 15) is 14.0 Å². The first-order chi connectivity index (χ1) is 15.9. The molecule has 0 atom stereocenters. The van der Waals surface area contributed by atoms with Gasteiger partial charge in [0.25, 0.3) is 5.91 Å². The summed E-state index contributed by atoms with van der Waals surface area (Å²) in [4.78, 5) is 28.4. The summed E-state index contributed by atoms with van der Waals surface area (Å²) in [6, 6.07) is 13.4. The lowest BCUT2D eigenvalue weighted by Crippen LogP contribution is -2.10. The third-order valence-corrected chi connectivity index (χ3v) is 6.49. The number of fused-ring (bicyclic) bond motifs is 1. The van der Waals surface area contributed by atoms with Crippen LogP contribution in [0.3, 0.4) is 0 Å². The van der Waals surface area contributed by atoms with E-state index in [-0.39, 0.29) is 17.5 Å². The Labute approximate surface area is 197 Å². The Kier molecular flexibility index (Phi) is 6.95. The number of amides is 2. The van der Waals surface area contributed by atoms with E-state index in [1.54, 1.807) is 42.5 Å². The van der Waals surface area contributed by atoms with Gasteiger partial charge in [-0.1, -0.05) is 29.5 Å². The van der Waals surface area contributed by atoms with Gasteiger partial charge in [-0.25, -0.2) is 9.37 Å². The molecule has 2 N–H and O–H groups in total. The monoisotopic (exact) mass is 485 g/mol. The molecule has 4 rings (SSSR count). The van der Waals surface area contributed by atoms with E-state index in [0.29, 0.717) is 44.9 Å². The molecule has 0 fully saturated rings. The number of carbonyl (C=O) groups is 2. The van der Waals surface area contributed by atoms with Crippen LogP contribution in [-0.2, 0) is 16.3 Å². The minimum absolute atomic E-state index is 0.166. The molecule has 4 aromatic rings. The summed E-state index contributed by atoms with van der Waals surface area (Å²) >= 11 is 2.78. The predicted molar refractivity (Wildman–Crippen MR) is 129 cm³/mol. The highest BCUT2D eigenvalue weighted by Gasteiger charge is 2.16. The van der Waals surface area contributed by atoms with Gasteiger partial charge in [-0.05, 0) is 29.8 Å². The fraction of sp³-hybridized carbons (Fsp3) is 0.174. The molecule has 170 valence electrons. The number of hydrogen-bond donors (Lipinski definition) is 2. The molecule has 0 unspecified atom stereocenters. The topological polar surface area (TPSA) is 93.5 Å². The van der Waals surface area contributed by atoms with Gasteiger partial charge in [-0.2, -0.15) is 0 Å². The van der Waals surface area contributed by atoms with Crippen molar-refractivity contribution in [3.8, 4) is 5.75 Å². The van der Waals surface area contributed by atoms with Crippen molar-refractivity contribution in [3.05, 3.63) is 71.4 Å². The number of benzene rings is 2. The number of rotatable bonds is 8. The van der Waals surface area contributed by atoms with Crippen LogP contribution in [-0.4, -0.2) is 23.9 Å². The first kappa shape index (κ1) is 22.8. The lowest BCUT2D eigenvalue weighted by Gasteiger charge is -2.07. The number of nitrogens with zero attached hydrogens (tertiary/aromatic N) is 1. The highest BCUT2D eigenvalue weighted by molar-refractivity contribution is 7.97. The number of carbonyl (C=O) groups excluding carboxylic acids is 2. The summed E-state index contributed by atoms with van der Waals surface area (Å²) in [6.07, 6.45) is 0. The number of thioether (sulfide) groups is 1. The first-order valence-electron chi connectivity index (χ1n) is 9.90. The van der Waals surface area contributed by atoms with Crippen LogP contribution in [0.1, 0.15) is 28.8 Å². The highest BCUT2D eigenvalue weighted by atomic mass is 32.2. The van der Waals surface area contributed by atoms with Crippen LogP contribution < -0.4 is 15.4 Å². The van der Waals surface area contributed by atoms with E-state index < -0.39 is 5.91 Å². The lowest BCUT2D eigenvalue weighted by molar-refractivity contribution is -0.114. The van der Waals surface area contributed by atoms with E-state index >= 15 is 0 Å². The Morgan fingerprint density at radius 1 is 1.15 bits per heavy atom. The molecule has 0 saturated carbocycles. The van der Waals surface area contributed by atoms with Crippen molar-refractivity contribution in [2.24, 2.45) is 0 Å². The molecule has 2 aromatic heterocycles. The van der Waals surface area contributed by atoms with Crippen LogP contribution in [0.2, 0.25) is 0 Å². The zero-order chi connectivity index (χ0) is 23.4. The maximum absolute atomic E-state index is 13.7. The van der Waals surface area contributed by atoms with Gasteiger partial charge in [0.15, 0.2) is 10.9 Å². The molecule has 0 bridgehead atoms. The zero-order valence-corrected chi connectivity index (χ0v) is 19.4. The van der Waals surface area contributed by atoms with Gasteiger partial charge in [0, 0.05) is 24.4 Å². The van der Waals surface area contributed by atoms with Crippen molar-refractivity contribution < 1.29 is 23.1 Å². The second-order valence-electron chi connectivity index (χ2n) is 7.03.